The van der Waals surface area contributed by atoms with Gasteiger partial charge in [0.25, 0.3) is 0 Å². The van der Waals surface area contributed by atoms with E-state index in [4.69, 9.17) is 17.0 Å². The summed E-state index contributed by atoms with van der Waals surface area (Å²) in [6.07, 6.45) is 1.75. The van der Waals surface area contributed by atoms with Crippen LogP contribution in [0.15, 0.2) is 30.5 Å². The Morgan fingerprint density at radius 3 is 3.00 bits per heavy atom. The number of rotatable bonds is 4. The molecule has 0 radical (unpaired) electrons. The molecule has 5 heteroatoms. The predicted molar refractivity (Wildman–Crippen MR) is 79.3 cm³/mol. The SMILES string of the molecule is CCOC(=S)SCC(=O)c1c[nH]c2ccccc12. The highest BCUT2D eigenvalue weighted by Gasteiger charge is 2.12. The van der Waals surface area contributed by atoms with E-state index in [1.165, 1.54) is 11.8 Å². The van der Waals surface area contributed by atoms with Gasteiger partial charge in [-0.05, 0) is 25.2 Å². The second kappa shape index (κ2) is 6.02. The van der Waals surface area contributed by atoms with Gasteiger partial charge in [0.05, 0.1) is 12.4 Å². The van der Waals surface area contributed by atoms with Gasteiger partial charge in [-0.2, -0.15) is 0 Å². The molecule has 1 aromatic heterocycles. The third kappa shape index (κ3) is 2.91. The maximum atomic E-state index is 12.1. The van der Waals surface area contributed by atoms with Gasteiger partial charge in [-0.25, -0.2) is 0 Å². The van der Waals surface area contributed by atoms with Gasteiger partial charge in [-0.15, -0.1) is 0 Å². The fraction of sp³-hybridized carbons (Fsp3) is 0.231. The van der Waals surface area contributed by atoms with Crippen molar-refractivity contribution in [3.05, 3.63) is 36.0 Å². The molecule has 1 N–H and O–H groups in total. The highest BCUT2D eigenvalue weighted by Crippen LogP contribution is 2.20. The molecule has 0 aliphatic heterocycles. The number of Topliss-reactive ketones (excluding diaryl/α,β-unsaturated/α-hetero) is 1. The molecule has 2 aromatic rings. The molecule has 0 aliphatic rings. The van der Waals surface area contributed by atoms with Crippen LogP contribution in [0.5, 0.6) is 0 Å². The monoisotopic (exact) mass is 279 g/mol. The van der Waals surface area contributed by atoms with E-state index >= 15 is 0 Å². The molecule has 0 aliphatic carbocycles. The predicted octanol–water partition coefficient (Wildman–Crippen LogP) is 3.41. The van der Waals surface area contributed by atoms with Crippen molar-refractivity contribution in [3.63, 3.8) is 0 Å². The van der Waals surface area contributed by atoms with Crippen LogP contribution in [-0.2, 0) is 4.74 Å². The lowest BCUT2D eigenvalue weighted by Crippen LogP contribution is -2.05. The van der Waals surface area contributed by atoms with Gasteiger partial charge in [0.15, 0.2) is 5.78 Å². The van der Waals surface area contributed by atoms with Crippen molar-refractivity contribution >= 4 is 45.0 Å². The van der Waals surface area contributed by atoms with Crippen LogP contribution in [0, 0.1) is 0 Å². The standard InChI is InChI=1S/C13H13NO2S2/c1-2-16-13(17)18-8-12(15)10-7-14-11-6-4-3-5-9(10)11/h3-7,14H,2,8H2,1H3. The van der Waals surface area contributed by atoms with E-state index in [1.807, 2.05) is 31.2 Å². The molecule has 0 spiro atoms. The second-order valence-corrected chi connectivity index (χ2v) is 5.22. The molecule has 0 saturated heterocycles. The van der Waals surface area contributed by atoms with E-state index in [-0.39, 0.29) is 5.78 Å². The highest BCUT2D eigenvalue weighted by molar-refractivity contribution is 8.23. The van der Waals surface area contributed by atoms with Crippen LogP contribution < -0.4 is 0 Å². The first kappa shape index (κ1) is 13.1. The Morgan fingerprint density at radius 1 is 1.44 bits per heavy atom. The van der Waals surface area contributed by atoms with E-state index in [9.17, 15) is 4.79 Å². The summed E-state index contributed by atoms with van der Waals surface area (Å²) in [7, 11) is 0. The number of carbonyl (C=O) groups is 1. The quantitative estimate of drug-likeness (QED) is 0.688. The fourth-order valence-corrected chi connectivity index (χ4v) is 2.56. The highest BCUT2D eigenvalue weighted by atomic mass is 32.2. The number of ketones is 1. The van der Waals surface area contributed by atoms with Gasteiger partial charge < -0.3 is 9.72 Å². The van der Waals surface area contributed by atoms with E-state index in [0.29, 0.717) is 22.3 Å². The zero-order valence-corrected chi connectivity index (χ0v) is 11.6. The lowest BCUT2D eigenvalue weighted by molar-refractivity contribution is 0.102. The van der Waals surface area contributed by atoms with Gasteiger partial charge in [0, 0.05) is 22.7 Å². The van der Waals surface area contributed by atoms with Crippen molar-refractivity contribution in [1.29, 1.82) is 0 Å². The second-order valence-electron chi connectivity index (χ2n) is 3.64. The summed E-state index contributed by atoms with van der Waals surface area (Å²) in [4.78, 5) is 15.2. The van der Waals surface area contributed by atoms with E-state index in [1.54, 1.807) is 6.20 Å². The largest absolute Gasteiger partial charge is 0.479 e. The molecule has 3 nitrogen and oxygen atoms in total. The Labute approximate surface area is 115 Å². The summed E-state index contributed by atoms with van der Waals surface area (Å²) in [6.45, 7) is 2.40. The Bertz CT molecular complexity index is 577. The summed E-state index contributed by atoms with van der Waals surface area (Å²) in [5.74, 6) is 0.361. The summed E-state index contributed by atoms with van der Waals surface area (Å²) >= 11 is 6.24. The van der Waals surface area contributed by atoms with Crippen LogP contribution in [-0.4, -0.2) is 27.5 Å². The summed E-state index contributed by atoms with van der Waals surface area (Å²) in [6, 6.07) is 7.74. The Hall–Kier alpha value is -1.33. The first-order chi connectivity index (χ1) is 8.72. The Kier molecular flexibility index (Phi) is 4.38. The number of aromatic amines is 1. The lowest BCUT2D eigenvalue weighted by Gasteiger charge is -2.03. The minimum atomic E-state index is 0.0551. The van der Waals surface area contributed by atoms with Gasteiger partial charge in [-0.3, -0.25) is 4.79 Å². The van der Waals surface area contributed by atoms with Crippen molar-refractivity contribution < 1.29 is 9.53 Å². The molecule has 2 rings (SSSR count). The van der Waals surface area contributed by atoms with Gasteiger partial charge in [0.2, 0.25) is 4.38 Å². The number of fused-ring (bicyclic) bond motifs is 1. The molecule has 1 aromatic carbocycles. The first-order valence-electron chi connectivity index (χ1n) is 5.61. The van der Waals surface area contributed by atoms with Crippen LogP contribution in [0.4, 0.5) is 0 Å². The van der Waals surface area contributed by atoms with Crippen LogP contribution in [0.2, 0.25) is 0 Å². The number of nitrogens with one attached hydrogen (secondary N) is 1. The smallest absolute Gasteiger partial charge is 0.220 e. The molecule has 18 heavy (non-hydrogen) atoms. The zero-order chi connectivity index (χ0) is 13.0. The number of hydrogen-bond donors (Lipinski definition) is 1. The van der Waals surface area contributed by atoms with Gasteiger partial charge in [0.1, 0.15) is 0 Å². The first-order valence-corrected chi connectivity index (χ1v) is 7.00. The maximum Gasteiger partial charge on any atom is 0.220 e. The van der Waals surface area contributed by atoms with Crippen LogP contribution in [0.1, 0.15) is 17.3 Å². The maximum absolute atomic E-state index is 12.1. The normalized spacial score (nSPS) is 10.5. The van der Waals surface area contributed by atoms with Crippen molar-refractivity contribution in [3.8, 4) is 0 Å². The number of aromatic nitrogens is 1. The van der Waals surface area contributed by atoms with Gasteiger partial charge >= 0.3 is 0 Å². The molecular weight excluding hydrogens is 266 g/mol. The topological polar surface area (TPSA) is 42.1 Å². The van der Waals surface area contributed by atoms with Crippen molar-refractivity contribution in [2.75, 3.05) is 12.4 Å². The van der Waals surface area contributed by atoms with Crippen molar-refractivity contribution in [1.82, 2.24) is 4.98 Å². The third-order valence-electron chi connectivity index (χ3n) is 2.47. The van der Waals surface area contributed by atoms with Crippen LogP contribution >= 0.6 is 24.0 Å². The van der Waals surface area contributed by atoms with Crippen LogP contribution in [0.3, 0.4) is 0 Å². The minimum Gasteiger partial charge on any atom is -0.479 e. The average molecular weight is 279 g/mol. The molecule has 94 valence electrons. The van der Waals surface area contributed by atoms with Crippen molar-refractivity contribution in [2.24, 2.45) is 0 Å². The number of thioether (sulfide) groups is 1. The fourth-order valence-electron chi connectivity index (χ4n) is 1.66. The molecule has 1 heterocycles. The Morgan fingerprint density at radius 2 is 2.22 bits per heavy atom. The molecule has 0 unspecified atom stereocenters. The average Bonchev–Trinajstić information content (AvgIpc) is 2.80. The summed E-state index contributed by atoms with van der Waals surface area (Å²) in [5, 5.41) is 0.949. The summed E-state index contributed by atoms with van der Waals surface area (Å²) in [5.41, 5.74) is 1.68. The third-order valence-corrected chi connectivity index (χ3v) is 3.70. The molecule has 0 atom stereocenters. The van der Waals surface area contributed by atoms with E-state index in [2.05, 4.69) is 4.98 Å². The minimum absolute atomic E-state index is 0.0551. The zero-order valence-electron chi connectivity index (χ0n) is 9.93. The van der Waals surface area contributed by atoms with Gasteiger partial charge in [-0.1, -0.05) is 30.0 Å². The lowest BCUT2D eigenvalue weighted by atomic mass is 10.1. The molecule has 0 fully saturated rings. The Balaban J connectivity index is 2.07. The molecule has 0 saturated carbocycles. The number of thiocarbonyl (C=S) groups is 1. The summed E-state index contributed by atoms with van der Waals surface area (Å²) < 4.78 is 5.55. The van der Waals surface area contributed by atoms with E-state index in [0.717, 1.165) is 10.9 Å². The molecular formula is C13H13NO2S2. The van der Waals surface area contributed by atoms with Crippen LogP contribution in [0.25, 0.3) is 10.9 Å². The number of para-hydroxylation sites is 1. The number of hydrogen-bond acceptors (Lipinski definition) is 4. The number of carbonyl (C=O) groups excluding carboxylic acids is 1. The number of H-pyrrole nitrogens is 1. The van der Waals surface area contributed by atoms with Crippen molar-refractivity contribution in [2.45, 2.75) is 6.92 Å². The number of ether oxygens (including phenoxy) is 1. The molecule has 0 bridgehead atoms. The number of benzene rings is 1. The molecule has 0 amide bonds. The van der Waals surface area contributed by atoms with E-state index < -0.39 is 0 Å².